The molecule has 1 aromatic rings. The number of nitrogens with zero attached hydrogens (tertiary/aromatic N) is 2. The molecule has 3 aliphatic heterocycles. The van der Waals surface area contributed by atoms with Gasteiger partial charge in [0.2, 0.25) is 15.9 Å². The lowest BCUT2D eigenvalue weighted by Crippen LogP contribution is -2.56. The summed E-state index contributed by atoms with van der Waals surface area (Å²) in [4.78, 5) is 15.4. The van der Waals surface area contributed by atoms with Crippen LogP contribution in [0.2, 0.25) is 0 Å². The number of amides is 1. The summed E-state index contributed by atoms with van der Waals surface area (Å²) in [5.74, 6) is -0.0977. The van der Waals surface area contributed by atoms with Crippen LogP contribution in [0.5, 0.6) is 0 Å². The second-order valence-electron chi connectivity index (χ2n) is 6.97. The first-order valence-corrected chi connectivity index (χ1v) is 11.0. The maximum atomic E-state index is 12.8. The standard InChI is InChI=1S/C17H22N2O5S2/c1-23-7-6-19-12-17-11-18(16(20)5-4-14-3-2-8-25-14)10-13(24-17)9-15(17)26(19,21)22/h2-5,8,13,15H,6-7,9-12H2,1H3/b5-4+/t13-,15+,17?/m1/s1. The van der Waals surface area contributed by atoms with Gasteiger partial charge in [-0.05, 0) is 23.9 Å². The molecule has 0 N–H and O–H groups in total. The molecule has 3 saturated heterocycles. The molecule has 4 rings (SSSR count). The molecule has 1 spiro atoms. The van der Waals surface area contributed by atoms with E-state index < -0.39 is 20.9 Å². The fourth-order valence-electron chi connectivity index (χ4n) is 4.16. The molecule has 9 heteroatoms. The predicted octanol–water partition coefficient (Wildman–Crippen LogP) is 0.792. The highest BCUT2D eigenvalue weighted by molar-refractivity contribution is 7.90. The van der Waals surface area contributed by atoms with E-state index in [4.69, 9.17) is 9.47 Å². The smallest absolute Gasteiger partial charge is 0.246 e. The number of carbonyl (C=O) groups excluding carboxylic acids is 1. The third kappa shape index (κ3) is 3.01. The van der Waals surface area contributed by atoms with Crippen molar-refractivity contribution in [2.24, 2.45) is 0 Å². The highest BCUT2D eigenvalue weighted by atomic mass is 32.2. The molecule has 142 valence electrons. The van der Waals surface area contributed by atoms with Crippen molar-refractivity contribution < 1.29 is 22.7 Å². The maximum absolute atomic E-state index is 12.8. The number of morpholine rings is 1. The summed E-state index contributed by atoms with van der Waals surface area (Å²) in [6.45, 7) is 1.71. The molecule has 1 aromatic heterocycles. The monoisotopic (exact) mass is 398 g/mol. The van der Waals surface area contributed by atoms with E-state index in [1.165, 1.54) is 4.31 Å². The van der Waals surface area contributed by atoms with Crippen molar-refractivity contribution >= 4 is 33.3 Å². The zero-order valence-corrected chi connectivity index (χ0v) is 16.2. The summed E-state index contributed by atoms with van der Waals surface area (Å²) >= 11 is 1.57. The summed E-state index contributed by atoms with van der Waals surface area (Å²) in [7, 11) is -1.87. The first-order valence-electron chi connectivity index (χ1n) is 8.61. The Morgan fingerprint density at radius 2 is 2.35 bits per heavy atom. The van der Waals surface area contributed by atoms with E-state index in [9.17, 15) is 13.2 Å². The van der Waals surface area contributed by atoms with Crippen LogP contribution in [0.3, 0.4) is 0 Å². The van der Waals surface area contributed by atoms with Crippen molar-refractivity contribution in [3.05, 3.63) is 28.5 Å². The van der Waals surface area contributed by atoms with Crippen LogP contribution >= 0.6 is 11.3 Å². The summed E-state index contributed by atoms with van der Waals surface area (Å²) < 4.78 is 38.3. The molecule has 7 nitrogen and oxygen atoms in total. The van der Waals surface area contributed by atoms with Gasteiger partial charge in [-0.25, -0.2) is 8.42 Å². The number of ether oxygens (including phenoxy) is 2. The van der Waals surface area contributed by atoms with E-state index in [1.54, 1.807) is 35.5 Å². The van der Waals surface area contributed by atoms with Gasteiger partial charge in [0.15, 0.2) is 0 Å². The fraction of sp³-hybridized carbons (Fsp3) is 0.588. The minimum atomic E-state index is -3.42. The van der Waals surface area contributed by atoms with Gasteiger partial charge in [0.25, 0.3) is 0 Å². The Hall–Kier alpha value is -1.26. The molecular weight excluding hydrogens is 376 g/mol. The van der Waals surface area contributed by atoms with Gasteiger partial charge in [-0.1, -0.05) is 6.07 Å². The van der Waals surface area contributed by atoms with Crippen molar-refractivity contribution in [3.63, 3.8) is 0 Å². The Bertz CT molecular complexity index is 807. The average Bonchev–Trinajstić information content (AvgIpc) is 3.26. The third-order valence-corrected chi connectivity index (χ3v) is 8.51. The van der Waals surface area contributed by atoms with Crippen LogP contribution in [0.25, 0.3) is 6.08 Å². The molecule has 1 amide bonds. The van der Waals surface area contributed by atoms with Gasteiger partial charge in [-0.15, -0.1) is 11.3 Å². The van der Waals surface area contributed by atoms with Crippen molar-refractivity contribution in [2.45, 2.75) is 23.4 Å². The van der Waals surface area contributed by atoms with Crippen LogP contribution < -0.4 is 0 Å². The summed E-state index contributed by atoms with van der Waals surface area (Å²) in [5.41, 5.74) is -0.818. The van der Waals surface area contributed by atoms with E-state index in [0.717, 1.165) is 4.88 Å². The molecule has 0 aliphatic carbocycles. The number of fused-ring (bicyclic) bond motifs is 1. The summed E-state index contributed by atoms with van der Waals surface area (Å²) in [5, 5.41) is 1.39. The number of hydrogen-bond donors (Lipinski definition) is 0. The van der Waals surface area contributed by atoms with Crippen LogP contribution in [0.1, 0.15) is 11.3 Å². The number of methoxy groups -OCH3 is 1. The number of carbonyl (C=O) groups is 1. The van der Waals surface area contributed by atoms with Crippen molar-refractivity contribution in [1.29, 1.82) is 0 Å². The van der Waals surface area contributed by atoms with E-state index in [0.29, 0.717) is 32.7 Å². The van der Waals surface area contributed by atoms with Gasteiger partial charge in [-0.2, -0.15) is 4.31 Å². The zero-order chi connectivity index (χ0) is 18.4. The van der Waals surface area contributed by atoms with Gasteiger partial charge in [0.1, 0.15) is 10.9 Å². The highest BCUT2D eigenvalue weighted by Crippen LogP contribution is 2.46. The number of likely N-dealkylation sites (tertiary alicyclic amines) is 1. The van der Waals surface area contributed by atoms with Crippen molar-refractivity contribution in [2.75, 3.05) is 39.9 Å². The molecule has 2 bridgehead atoms. The Morgan fingerprint density at radius 3 is 3.08 bits per heavy atom. The molecular formula is C17H22N2O5S2. The Labute approximate surface area is 157 Å². The largest absolute Gasteiger partial charge is 0.383 e. The second-order valence-corrected chi connectivity index (χ2v) is 10.1. The minimum absolute atomic E-state index is 0.0977. The van der Waals surface area contributed by atoms with Gasteiger partial charge in [0.05, 0.1) is 19.3 Å². The third-order valence-electron chi connectivity index (χ3n) is 5.30. The van der Waals surface area contributed by atoms with Crippen LogP contribution in [-0.2, 0) is 24.3 Å². The van der Waals surface area contributed by atoms with Crippen molar-refractivity contribution in [3.8, 4) is 0 Å². The number of sulfonamides is 1. The van der Waals surface area contributed by atoms with Crippen LogP contribution in [0.4, 0.5) is 0 Å². The molecule has 3 atom stereocenters. The SMILES string of the molecule is COCCN1CC23CN(C(=O)/C=C/c4cccs4)C[C@@H](C[C@@H]2S1(=O)=O)O3. The quantitative estimate of drug-likeness (QED) is 0.686. The molecule has 4 heterocycles. The summed E-state index contributed by atoms with van der Waals surface area (Å²) in [6, 6.07) is 3.88. The van der Waals surface area contributed by atoms with E-state index in [1.807, 2.05) is 17.5 Å². The van der Waals surface area contributed by atoms with Gasteiger partial charge < -0.3 is 14.4 Å². The minimum Gasteiger partial charge on any atom is -0.383 e. The normalized spacial score (nSPS) is 33.0. The van der Waals surface area contributed by atoms with Gasteiger partial charge >= 0.3 is 0 Å². The summed E-state index contributed by atoms with van der Waals surface area (Å²) in [6.07, 6.45) is 3.60. The lowest BCUT2D eigenvalue weighted by atomic mass is 9.99. The lowest BCUT2D eigenvalue weighted by Gasteiger charge is -2.39. The van der Waals surface area contributed by atoms with Gasteiger partial charge in [-0.3, -0.25) is 4.79 Å². The number of thiophene rings is 1. The van der Waals surface area contributed by atoms with E-state index >= 15 is 0 Å². The molecule has 3 aliphatic rings. The van der Waals surface area contributed by atoms with Crippen LogP contribution in [-0.4, -0.2) is 80.4 Å². The van der Waals surface area contributed by atoms with Gasteiger partial charge in [0, 0.05) is 37.7 Å². The Balaban J connectivity index is 1.51. The number of hydrogen-bond acceptors (Lipinski definition) is 6. The van der Waals surface area contributed by atoms with Crippen LogP contribution in [0.15, 0.2) is 23.6 Å². The molecule has 1 unspecified atom stereocenters. The molecule has 3 fully saturated rings. The number of rotatable bonds is 5. The van der Waals surface area contributed by atoms with E-state index in [-0.39, 0.29) is 18.6 Å². The first-order chi connectivity index (χ1) is 12.4. The Morgan fingerprint density at radius 1 is 1.50 bits per heavy atom. The first kappa shape index (κ1) is 18.1. The molecule has 0 aromatic carbocycles. The Kier molecular flexibility index (Phi) is 4.68. The van der Waals surface area contributed by atoms with Crippen LogP contribution in [0, 0.1) is 0 Å². The molecule has 0 radical (unpaired) electrons. The highest BCUT2D eigenvalue weighted by Gasteiger charge is 2.65. The average molecular weight is 399 g/mol. The van der Waals surface area contributed by atoms with E-state index in [2.05, 4.69) is 0 Å². The van der Waals surface area contributed by atoms with Crippen molar-refractivity contribution in [1.82, 2.24) is 9.21 Å². The predicted molar refractivity (Wildman–Crippen MR) is 98.3 cm³/mol. The maximum Gasteiger partial charge on any atom is 0.246 e. The zero-order valence-electron chi connectivity index (χ0n) is 14.5. The lowest BCUT2D eigenvalue weighted by molar-refractivity contribution is -0.146. The second kappa shape index (κ2) is 6.72. The molecule has 26 heavy (non-hydrogen) atoms. The molecule has 0 saturated carbocycles. The topological polar surface area (TPSA) is 76.2 Å². The fourth-order valence-corrected chi connectivity index (χ4v) is 7.07.